The van der Waals surface area contributed by atoms with E-state index in [4.69, 9.17) is 9.47 Å². The summed E-state index contributed by atoms with van der Waals surface area (Å²) in [7, 11) is -3.56. The minimum Gasteiger partial charge on any atom is -0.486 e. The van der Waals surface area contributed by atoms with E-state index in [0.29, 0.717) is 37.2 Å². The summed E-state index contributed by atoms with van der Waals surface area (Å²) in [5, 5.41) is 0. The molecule has 1 aromatic carbocycles. The van der Waals surface area contributed by atoms with Gasteiger partial charge in [0, 0.05) is 31.5 Å². The molecule has 0 saturated carbocycles. The van der Waals surface area contributed by atoms with Gasteiger partial charge in [-0.05, 0) is 61.7 Å². The van der Waals surface area contributed by atoms with E-state index in [-0.39, 0.29) is 4.90 Å². The maximum atomic E-state index is 12.6. The molecule has 150 valence electrons. The van der Waals surface area contributed by atoms with Crippen molar-refractivity contribution in [3.63, 3.8) is 0 Å². The molecule has 0 radical (unpaired) electrons. The van der Waals surface area contributed by atoms with Gasteiger partial charge < -0.3 is 9.47 Å². The molecule has 1 fully saturated rings. The number of benzene rings is 1. The predicted octanol–water partition coefficient (Wildman–Crippen LogP) is 2.04. The molecule has 2 aliphatic rings. The van der Waals surface area contributed by atoms with Crippen LogP contribution in [-0.4, -0.2) is 51.1 Å². The maximum absolute atomic E-state index is 12.6. The van der Waals surface area contributed by atoms with Crippen molar-refractivity contribution < 1.29 is 17.9 Å². The van der Waals surface area contributed by atoms with E-state index in [9.17, 15) is 8.42 Å². The van der Waals surface area contributed by atoms with Crippen LogP contribution in [0.2, 0.25) is 0 Å². The summed E-state index contributed by atoms with van der Waals surface area (Å²) >= 11 is 0. The van der Waals surface area contributed by atoms with E-state index in [1.807, 2.05) is 24.5 Å². The van der Waals surface area contributed by atoms with Gasteiger partial charge in [-0.3, -0.25) is 9.88 Å². The van der Waals surface area contributed by atoms with E-state index in [1.165, 1.54) is 11.6 Å². The molecule has 0 bridgehead atoms. The number of hydrogen-bond donors (Lipinski definition) is 1. The molecule has 7 nitrogen and oxygen atoms in total. The first kappa shape index (κ1) is 19.2. The highest BCUT2D eigenvalue weighted by Gasteiger charge is 2.23. The molecule has 4 rings (SSSR count). The van der Waals surface area contributed by atoms with Gasteiger partial charge >= 0.3 is 0 Å². The Morgan fingerprint density at radius 2 is 1.75 bits per heavy atom. The SMILES string of the molecule is O=S(=O)(NCC1CCN(Cc2ccncc2)CC1)c1ccc2c(c1)OCCO2. The Morgan fingerprint density at radius 1 is 1.04 bits per heavy atom. The van der Waals surface area contributed by atoms with Gasteiger partial charge in [-0.1, -0.05) is 0 Å². The second-order valence-electron chi connectivity index (χ2n) is 7.23. The Morgan fingerprint density at radius 3 is 2.50 bits per heavy atom. The first-order chi connectivity index (χ1) is 13.6. The topological polar surface area (TPSA) is 80.8 Å². The number of nitrogens with one attached hydrogen (secondary N) is 1. The van der Waals surface area contributed by atoms with Crippen molar-refractivity contribution in [2.75, 3.05) is 32.8 Å². The Kier molecular flexibility index (Phi) is 5.79. The monoisotopic (exact) mass is 403 g/mol. The average molecular weight is 404 g/mol. The summed E-state index contributed by atoms with van der Waals surface area (Å²) in [6.45, 7) is 4.23. The van der Waals surface area contributed by atoms with E-state index in [1.54, 1.807) is 12.1 Å². The molecule has 2 aromatic rings. The molecular weight excluding hydrogens is 378 g/mol. The molecule has 0 atom stereocenters. The number of nitrogens with zero attached hydrogens (tertiary/aromatic N) is 2. The molecule has 8 heteroatoms. The minimum absolute atomic E-state index is 0.215. The Balaban J connectivity index is 1.29. The van der Waals surface area contributed by atoms with Crippen LogP contribution < -0.4 is 14.2 Å². The van der Waals surface area contributed by atoms with Crippen LogP contribution in [0.5, 0.6) is 11.5 Å². The van der Waals surface area contributed by atoms with E-state index < -0.39 is 10.0 Å². The molecule has 3 heterocycles. The Bertz CT molecular complexity index is 897. The number of sulfonamides is 1. The number of aromatic nitrogens is 1. The fraction of sp³-hybridized carbons (Fsp3) is 0.450. The molecule has 2 aliphatic heterocycles. The van der Waals surface area contributed by atoms with Crippen molar-refractivity contribution in [3.8, 4) is 11.5 Å². The van der Waals surface area contributed by atoms with Crippen LogP contribution in [0.25, 0.3) is 0 Å². The fourth-order valence-electron chi connectivity index (χ4n) is 3.60. The lowest BCUT2D eigenvalue weighted by Crippen LogP contribution is -2.38. The smallest absolute Gasteiger partial charge is 0.240 e. The Labute approximate surface area is 165 Å². The molecule has 28 heavy (non-hydrogen) atoms. The highest BCUT2D eigenvalue weighted by molar-refractivity contribution is 7.89. The van der Waals surface area contributed by atoms with Gasteiger partial charge in [0.1, 0.15) is 13.2 Å². The van der Waals surface area contributed by atoms with Crippen molar-refractivity contribution in [2.24, 2.45) is 5.92 Å². The van der Waals surface area contributed by atoms with Crippen LogP contribution >= 0.6 is 0 Å². The minimum atomic E-state index is -3.56. The highest BCUT2D eigenvalue weighted by atomic mass is 32.2. The van der Waals surface area contributed by atoms with Gasteiger partial charge in [0.15, 0.2) is 11.5 Å². The summed E-state index contributed by atoms with van der Waals surface area (Å²) in [6.07, 6.45) is 5.59. The van der Waals surface area contributed by atoms with Crippen LogP contribution in [0, 0.1) is 5.92 Å². The van der Waals surface area contributed by atoms with Gasteiger partial charge in [-0.25, -0.2) is 13.1 Å². The van der Waals surface area contributed by atoms with Gasteiger partial charge in [0.2, 0.25) is 10.0 Å². The predicted molar refractivity (Wildman–Crippen MR) is 105 cm³/mol. The third-order valence-corrected chi connectivity index (χ3v) is 6.67. The number of ether oxygens (including phenoxy) is 2. The zero-order chi connectivity index (χ0) is 19.4. The van der Waals surface area contributed by atoms with Crippen molar-refractivity contribution in [2.45, 2.75) is 24.3 Å². The fourth-order valence-corrected chi connectivity index (χ4v) is 4.73. The van der Waals surface area contributed by atoms with Crippen LogP contribution in [0.15, 0.2) is 47.6 Å². The number of hydrogen-bond acceptors (Lipinski definition) is 6. The normalized spacial score (nSPS) is 18.1. The van der Waals surface area contributed by atoms with Gasteiger partial charge in [-0.15, -0.1) is 0 Å². The summed E-state index contributed by atoms with van der Waals surface area (Å²) in [6, 6.07) is 8.82. The molecule has 1 aromatic heterocycles. The average Bonchev–Trinajstić information content (AvgIpc) is 2.74. The zero-order valence-corrected chi connectivity index (χ0v) is 16.5. The molecular formula is C20H25N3O4S. The highest BCUT2D eigenvalue weighted by Crippen LogP contribution is 2.32. The summed E-state index contributed by atoms with van der Waals surface area (Å²) in [5.74, 6) is 1.42. The van der Waals surface area contributed by atoms with E-state index >= 15 is 0 Å². The van der Waals surface area contributed by atoms with Crippen molar-refractivity contribution in [1.29, 1.82) is 0 Å². The summed E-state index contributed by atoms with van der Waals surface area (Å²) < 4.78 is 39.0. The number of rotatable bonds is 6. The van der Waals surface area contributed by atoms with Crippen LogP contribution in [0.4, 0.5) is 0 Å². The largest absolute Gasteiger partial charge is 0.486 e. The van der Waals surface area contributed by atoms with Gasteiger partial charge in [0.05, 0.1) is 4.90 Å². The summed E-state index contributed by atoms with van der Waals surface area (Å²) in [4.78, 5) is 6.67. The van der Waals surface area contributed by atoms with Crippen LogP contribution in [-0.2, 0) is 16.6 Å². The lowest BCUT2D eigenvalue weighted by molar-refractivity contribution is 0.171. The lowest BCUT2D eigenvalue weighted by Gasteiger charge is -2.32. The summed E-state index contributed by atoms with van der Waals surface area (Å²) in [5.41, 5.74) is 1.26. The second kappa shape index (κ2) is 8.46. The number of piperidine rings is 1. The van der Waals surface area contributed by atoms with Gasteiger partial charge in [0.25, 0.3) is 0 Å². The molecule has 0 unspecified atom stereocenters. The van der Waals surface area contributed by atoms with Crippen molar-refractivity contribution >= 4 is 10.0 Å². The number of likely N-dealkylation sites (tertiary alicyclic amines) is 1. The van der Waals surface area contributed by atoms with E-state index in [0.717, 1.165) is 32.5 Å². The standard InChI is InChI=1S/C20H25N3O4S/c24-28(25,18-1-2-19-20(13-18)27-12-11-26-19)22-14-16-5-9-23(10-6-16)15-17-3-7-21-8-4-17/h1-4,7-8,13,16,22H,5-6,9-12,14-15H2. The maximum Gasteiger partial charge on any atom is 0.240 e. The second-order valence-corrected chi connectivity index (χ2v) is 9.00. The van der Waals surface area contributed by atoms with Crippen molar-refractivity contribution in [3.05, 3.63) is 48.3 Å². The first-order valence-corrected chi connectivity index (χ1v) is 11.1. The van der Waals surface area contributed by atoms with Crippen molar-refractivity contribution in [1.82, 2.24) is 14.6 Å². The number of fused-ring (bicyclic) bond motifs is 1. The zero-order valence-electron chi connectivity index (χ0n) is 15.7. The Hall–Kier alpha value is -2.16. The molecule has 0 amide bonds. The van der Waals surface area contributed by atoms with Crippen LogP contribution in [0.3, 0.4) is 0 Å². The van der Waals surface area contributed by atoms with Crippen LogP contribution in [0.1, 0.15) is 18.4 Å². The van der Waals surface area contributed by atoms with Gasteiger partial charge in [-0.2, -0.15) is 0 Å². The third-order valence-electron chi connectivity index (χ3n) is 5.25. The van der Waals surface area contributed by atoms with E-state index in [2.05, 4.69) is 14.6 Å². The molecule has 1 saturated heterocycles. The quantitative estimate of drug-likeness (QED) is 0.795. The number of pyridine rings is 1. The lowest BCUT2D eigenvalue weighted by atomic mass is 9.97. The molecule has 0 spiro atoms. The molecule has 1 N–H and O–H groups in total. The third kappa shape index (κ3) is 4.63. The molecule has 0 aliphatic carbocycles. The first-order valence-electron chi connectivity index (χ1n) is 9.61.